The van der Waals surface area contributed by atoms with Crippen molar-refractivity contribution in [3.05, 3.63) is 35.9 Å². The SMILES string of the molecule is CC(CNC(=O)[C@@H]1CC[C@H](CN)O1)N(C)Cc1ccccc1. The molecule has 2 rings (SSSR count). The van der Waals surface area contributed by atoms with Crippen molar-refractivity contribution in [3.63, 3.8) is 0 Å². The second-order valence-corrected chi connectivity index (χ2v) is 6.05. The highest BCUT2D eigenvalue weighted by Crippen LogP contribution is 2.18. The molecule has 3 N–H and O–H groups in total. The highest BCUT2D eigenvalue weighted by molar-refractivity contribution is 5.81. The Morgan fingerprint density at radius 3 is 2.77 bits per heavy atom. The first-order valence-corrected chi connectivity index (χ1v) is 7.97. The van der Waals surface area contributed by atoms with E-state index in [0.717, 1.165) is 19.4 Å². The van der Waals surface area contributed by atoms with Gasteiger partial charge in [-0.2, -0.15) is 0 Å². The van der Waals surface area contributed by atoms with Crippen LogP contribution in [0.15, 0.2) is 30.3 Å². The topological polar surface area (TPSA) is 67.6 Å². The van der Waals surface area contributed by atoms with Crippen LogP contribution >= 0.6 is 0 Å². The molecule has 1 fully saturated rings. The van der Waals surface area contributed by atoms with Gasteiger partial charge in [-0.15, -0.1) is 0 Å². The van der Waals surface area contributed by atoms with Gasteiger partial charge in [-0.25, -0.2) is 0 Å². The molecule has 0 aromatic heterocycles. The summed E-state index contributed by atoms with van der Waals surface area (Å²) in [7, 11) is 2.07. The zero-order chi connectivity index (χ0) is 15.9. The van der Waals surface area contributed by atoms with Crippen LogP contribution in [0.5, 0.6) is 0 Å². The second kappa shape index (κ2) is 8.27. The van der Waals surface area contributed by atoms with Crippen molar-refractivity contribution in [1.82, 2.24) is 10.2 Å². The van der Waals surface area contributed by atoms with Crippen LogP contribution in [0, 0.1) is 0 Å². The van der Waals surface area contributed by atoms with E-state index in [1.165, 1.54) is 5.56 Å². The van der Waals surface area contributed by atoms with Crippen LogP contribution in [0.3, 0.4) is 0 Å². The Balaban J connectivity index is 1.72. The minimum atomic E-state index is -0.333. The normalized spacial score (nSPS) is 22.7. The standard InChI is InChI=1S/C17H27N3O2/c1-13(20(2)12-14-6-4-3-5-7-14)11-19-17(21)16-9-8-15(10-18)22-16/h3-7,13,15-16H,8-12,18H2,1-2H3,(H,19,21)/t13?,15-,16+/m1/s1. The van der Waals surface area contributed by atoms with Gasteiger partial charge in [0, 0.05) is 25.7 Å². The Labute approximate surface area is 132 Å². The predicted molar refractivity (Wildman–Crippen MR) is 87.3 cm³/mol. The molecule has 5 nitrogen and oxygen atoms in total. The summed E-state index contributed by atoms with van der Waals surface area (Å²) in [6, 6.07) is 10.6. The summed E-state index contributed by atoms with van der Waals surface area (Å²) in [5.74, 6) is -0.0177. The number of hydrogen-bond acceptors (Lipinski definition) is 4. The van der Waals surface area contributed by atoms with Crippen LogP contribution in [0.1, 0.15) is 25.3 Å². The molecule has 3 atom stereocenters. The molecule has 1 heterocycles. The average molecular weight is 305 g/mol. The third kappa shape index (κ3) is 4.80. The predicted octanol–water partition coefficient (Wildman–Crippen LogP) is 1.13. The molecule has 0 saturated carbocycles. The number of benzene rings is 1. The van der Waals surface area contributed by atoms with Gasteiger partial charge in [0.15, 0.2) is 0 Å². The maximum Gasteiger partial charge on any atom is 0.249 e. The third-order valence-electron chi connectivity index (χ3n) is 4.26. The zero-order valence-corrected chi connectivity index (χ0v) is 13.5. The molecule has 22 heavy (non-hydrogen) atoms. The number of nitrogens with zero attached hydrogens (tertiary/aromatic N) is 1. The van der Waals surface area contributed by atoms with E-state index in [-0.39, 0.29) is 24.2 Å². The fraction of sp³-hybridized carbons (Fsp3) is 0.588. The van der Waals surface area contributed by atoms with Crippen LogP contribution in [-0.2, 0) is 16.1 Å². The largest absolute Gasteiger partial charge is 0.364 e. The van der Waals surface area contributed by atoms with Crippen LogP contribution < -0.4 is 11.1 Å². The number of likely N-dealkylation sites (N-methyl/N-ethyl adjacent to an activating group) is 1. The number of nitrogens with one attached hydrogen (secondary N) is 1. The van der Waals surface area contributed by atoms with Crippen LogP contribution in [0.25, 0.3) is 0 Å². The van der Waals surface area contributed by atoms with Crippen LogP contribution in [-0.4, -0.2) is 49.2 Å². The summed E-state index contributed by atoms with van der Waals surface area (Å²) in [5, 5.41) is 2.99. The van der Waals surface area contributed by atoms with Gasteiger partial charge in [-0.3, -0.25) is 9.69 Å². The van der Waals surface area contributed by atoms with E-state index in [1.54, 1.807) is 0 Å². The number of hydrogen-bond donors (Lipinski definition) is 2. The molecule has 1 aromatic rings. The maximum absolute atomic E-state index is 12.1. The summed E-state index contributed by atoms with van der Waals surface area (Å²) >= 11 is 0. The van der Waals surface area contributed by atoms with Gasteiger partial charge in [0.1, 0.15) is 6.10 Å². The molecule has 1 unspecified atom stereocenters. The number of rotatable bonds is 7. The molecule has 1 aliphatic rings. The van der Waals surface area contributed by atoms with Crippen molar-refractivity contribution in [1.29, 1.82) is 0 Å². The van der Waals surface area contributed by atoms with Gasteiger partial charge >= 0.3 is 0 Å². The molecular formula is C17H27N3O2. The minimum absolute atomic E-state index is 0.0177. The lowest BCUT2D eigenvalue weighted by atomic mass is 10.1. The summed E-state index contributed by atoms with van der Waals surface area (Å²) in [6.45, 7) is 4.09. The van der Waals surface area contributed by atoms with E-state index in [1.807, 2.05) is 18.2 Å². The van der Waals surface area contributed by atoms with Gasteiger partial charge in [0.25, 0.3) is 0 Å². The van der Waals surface area contributed by atoms with E-state index >= 15 is 0 Å². The quantitative estimate of drug-likeness (QED) is 0.792. The molecule has 1 aromatic carbocycles. The molecule has 1 aliphatic heterocycles. The van der Waals surface area contributed by atoms with Crippen molar-refractivity contribution in [2.24, 2.45) is 5.73 Å². The number of carbonyl (C=O) groups excluding carboxylic acids is 1. The van der Waals surface area contributed by atoms with Crippen molar-refractivity contribution in [3.8, 4) is 0 Å². The van der Waals surface area contributed by atoms with Gasteiger partial charge in [-0.05, 0) is 32.4 Å². The molecule has 5 heteroatoms. The van der Waals surface area contributed by atoms with Crippen molar-refractivity contribution in [2.45, 2.75) is 44.6 Å². The Morgan fingerprint density at radius 1 is 1.41 bits per heavy atom. The first kappa shape index (κ1) is 16.9. The fourth-order valence-corrected chi connectivity index (χ4v) is 2.62. The zero-order valence-electron chi connectivity index (χ0n) is 13.5. The number of carbonyl (C=O) groups is 1. The molecule has 0 radical (unpaired) electrons. The Hall–Kier alpha value is -1.43. The number of nitrogens with two attached hydrogens (primary N) is 1. The van der Waals surface area contributed by atoms with E-state index < -0.39 is 0 Å². The molecule has 0 spiro atoms. The van der Waals surface area contributed by atoms with E-state index in [2.05, 4.69) is 36.3 Å². The first-order chi connectivity index (χ1) is 10.6. The number of amides is 1. The lowest BCUT2D eigenvalue weighted by molar-refractivity contribution is -0.132. The molecule has 1 saturated heterocycles. The Bertz CT molecular complexity index is 466. The van der Waals surface area contributed by atoms with Crippen molar-refractivity contribution >= 4 is 5.91 Å². The maximum atomic E-state index is 12.1. The van der Waals surface area contributed by atoms with E-state index in [9.17, 15) is 4.79 Å². The summed E-state index contributed by atoms with van der Waals surface area (Å²) in [6.07, 6.45) is 1.34. The van der Waals surface area contributed by atoms with Crippen LogP contribution in [0.4, 0.5) is 0 Å². The van der Waals surface area contributed by atoms with Gasteiger partial charge < -0.3 is 15.8 Å². The van der Waals surface area contributed by atoms with E-state index in [4.69, 9.17) is 10.5 Å². The van der Waals surface area contributed by atoms with Gasteiger partial charge in [0.2, 0.25) is 5.91 Å². The third-order valence-corrected chi connectivity index (χ3v) is 4.26. The molecular weight excluding hydrogens is 278 g/mol. The lowest BCUT2D eigenvalue weighted by Gasteiger charge is -2.25. The van der Waals surface area contributed by atoms with Crippen molar-refractivity contribution in [2.75, 3.05) is 20.1 Å². The van der Waals surface area contributed by atoms with E-state index in [0.29, 0.717) is 13.1 Å². The Kier molecular flexibility index (Phi) is 6.36. The molecule has 0 bridgehead atoms. The smallest absolute Gasteiger partial charge is 0.249 e. The summed E-state index contributed by atoms with van der Waals surface area (Å²) < 4.78 is 5.61. The summed E-state index contributed by atoms with van der Waals surface area (Å²) in [4.78, 5) is 14.3. The number of ether oxygens (including phenoxy) is 1. The molecule has 1 amide bonds. The molecule has 122 valence electrons. The highest BCUT2D eigenvalue weighted by Gasteiger charge is 2.29. The van der Waals surface area contributed by atoms with Crippen molar-refractivity contribution < 1.29 is 9.53 Å². The summed E-state index contributed by atoms with van der Waals surface area (Å²) in [5.41, 5.74) is 6.84. The Morgan fingerprint density at radius 2 is 2.14 bits per heavy atom. The molecule has 0 aliphatic carbocycles. The second-order valence-electron chi connectivity index (χ2n) is 6.05. The monoisotopic (exact) mass is 305 g/mol. The van der Waals surface area contributed by atoms with Crippen LogP contribution in [0.2, 0.25) is 0 Å². The lowest BCUT2D eigenvalue weighted by Crippen LogP contribution is -2.43. The average Bonchev–Trinajstić information content (AvgIpc) is 3.02. The van der Waals surface area contributed by atoms with Gasteiger partial charge in [-0.1, -0.05) is 30.3 Å². The first-order valence-electron chi connectivity index (χ1n) is 7.97. The highest BCUT2D eigenvalue weighted by atomic mass is 16.5. The van der Waals surface area contributed by atoms with Gasteiger partial charge in [0.05, 0.1) is 6.10 Å². The fourth-order valence-electron chi connectivity index (χ4n) is 2.62. The minimum Gasteiger partial charge on any atom is -0.364 e.